The second kappa shape index (κ2) is 6.35. The van der Waals surface area contributed by atoms with Gasteiger partial charge in [0.15, 0.2) is 0 Å². The van der Waals surface area contributed by atoms with Gasteiger partial charge in [-0.15, -0.1) is 0 Å². The Balaban J connectivity index is 2.17. The van der Waals surface area contributed by atoms with Crippen molar-refractivity contribution in [2.24, 2.45) is 0 Å². The molecule has 1 atom stereocenters. The quantitative estimate of drug-likeness (QED) is 0.937. The van der Waals surface area contributed by atoms with Crippen molar-refractivity contribution in [1.82, 2.24) is 15.3 Å². The molecule has 1 aromatic carbocycles. The fourth-order valence-corrected chi connectivity index (χ4v) is 2.05. The van der Waals surface area contributed by atoms with Gasteiger partial charge < -0.3 is 10.1 Å². The first kappa shape index (κ1) is 15.0. The topological polar surface area (TPSA) is 64.1 Å². The molecule has 2 aromatic rings. The number of hydrogen-bond donors (Lipinski definition) is 1. The van der Waals surface area contributed by atoms with E-state index in [9.17, 15) is 4.79 Å². The fraction of sp³-hybridized carbons (Fsp3) is 0.312. The third kappa shape index (κ3) is 3.56. The number of aryl methyl sites for hydroxylation is 2. The summed E-state index contributed by atoms with van der Waals surface area (Å²) in [5, 5.41) is 2.91. The summed E-state index contributed by atoms with van der Waals surface area (Å²) in [5.74, 6) is 0.502. The van der Waals surface area contributed by atoms with Gasteiger partial charge in [-0.2, -0.15) is 0 Å². The summed E-state index contributed by atoms with van der Waals surface area (Å²) in [6, 6.07) is 5.70. The molecule has 110 valence electrons. The Morgan fingerprint density at radius 2 is 2.00 bits per heavy atom. The SMILES string of the molecule is COc1ccc(C)cc1[C@H](C)NC(=O)c1cnc(C)cn1. The molecule has 21 heavy (non-hydrogen) atoms. The van der Waals surface area contributed by atoms with Crippen LogP contribution in [0.3, 0.4) is 0 Å². The zero-order valence-electron chi connectivity index (χ0n) is 12.7. The Morgan fingerprint density at radius 1 is 1.24 bits per heavy atom. The maximum Gasteiger partial charge on any atom is 0.271 e. The van der Waals surface area contributed by atoms with Crippen LogP contribution in [0.2, 0.25) is 0 Å². The van der Waals surface area contributed by atoms with Crippen molar-refractivity contribution in [2.75, 3.05) is 7.11 Å². The van der Waals surface area contributed by atoms with Gasteiger partial charge in [0.25, 0.3) is 5.91 Å². The minimum atomic E-state index is -0.251. The van der Waals surface area contributed by atoms with Gasteiger partial charge in [0.05, 0.1) is 25.0 Å². The van der Waals surface area contributed by atoms with Crippen molar-refractivity contribution in [3.8, 4) is 5.75 Å². The number of carbonyl (C=O) groups excluding carboxylic acids is 1. The molecule has 5 heteroatoms. The van der Waals surface area contributed by atoms with Gasteiger partial charge in [0, 0.05) is 11.8 Å². The number of ether oxygens (including phenoxy) is 1. The molecule has 0 aliphatic rings. The summed E-state index contributed by atoms with van der Waals surface area (Å²) in [6.07, 6.45) is 3.05. The van der Waals surface area contributed by atoms with Gasteiger partial charge >= 0.3 is 0 Å². The van der Waals surface area contributed by atoms with Crippen LogP contribution in [0.15, 0.2) is 30.6 Å². The molecular weight excluding hydrogens is 266 g/mol. The monoisotopic (exact) mass is 285 g/mol. The Bertz CT molecular complexity index is 638. The van der Waals surface area contributed by atoms with Crippen LogP contribution in [0.1, 0.15) is 40.3 Å². The van der Waals surface area contributed by atoms with Crippen LogP contribution in [0.4, 0.5) is 0 Å². The van der Waals surface area contributed by atoms with Gasteiger partial charge in [-0.25, -0.2) is 4.98 Å². The van der Waals surface area contributed by atoms with Crippen molar-refractivity contribution in [2.45, 2.75) is 26.8 Å². The minimum absolute atomic E-state index is 0.185. The molecule has 1 aromatic heterocycles. The maximum absolute atomic E-state index is 12.2. The van der Waals surface area contributed by atoms with Crippen LogP contribution in [0.25, 0.3) is 0 Å². The van der Waals surface area contributed by atoms with E-state index in [-0.39, 0.29) is 11.9 Å². The molecule has 1 amide bonds. The zero-order chi connectivity index (χ0) is 15.4. The zero-order valence-corrected chi connectivity index (χ0v) is 12.7. The van der Waals surface area contributed by atoms with Crippen LogP contribution in [-0.4, -0.2) is 23.0 Å². The first-order valence-electron chi connectivity index (χ1n) is 6.75. The molecule has 0 radical (unpaired) electrons. The number of rotatable bonds is 4. The Labute approximate surface area is 124 Å². The van der Waals surface area contributed by atoms with Crippen molar-refractivity contribution in [1.29, 1.82) is 0 Å². The molecule has 5 nitrogen and oxygen atoms in total. The highest BCUT2D eigenvalue weighted by Gasteiger charge is 2.16. The summed E-state index contributed by atoms with van der Waals surface area (Å²) in [4.78, 5) is 20.3. The minimum Gasteiger partial charge on any atom is -0.496 e. The number of nitrogens with zero attached hydrogens (tertiary/aromatic N) is 2. The van der Waals surface area contributed by atoms with Gasteiger partial charge in [0.1, 0.15) is 11.4 Å². The molecule has 0 unspecified atom stereocenters. The Hall–Kier alpha value is -2.43. The highest BCUT2D eigenvalue weighted by Crippen LogP contribution is 2.26. The first-order chi connectivity index (χ1) is 10.0. The van der Waals surface area contributed by atoms with E-state index in [0.29, 0.717) is 5.69 Å². The maximum atomic E-state index is 12.2. The lowest BCUT2D eigenvalue weighted by Crippen LogP contribution is -2.28. The van der Waals surface area contributed by atoms with E-state index in [1.165, 1.54) is 6.20 Å². The summed E-state index contributed by atoms with van der Waals surface area (Å²) in [6.45, 7) is 5.74. The number of carbonyl (C=O) groups is 1. The highest BCUT2D eigenvalue weighted by molar-refractivity contribution is 5.92. The van der Waals surface area contributed by atoms with Crippen LogP contribution >= 0.6 is 0 Å². The largest absolute Gasteiger partial charge is 0.496 e. The molecule has 2 rings (SSSR count). The van der Waals surface area contributed by atoms with Crippen molar-refractivity contribution in [3.05, 3.63) is 53.1 Å². The van der Waals surface area contributed by atoms with Gasteiger partial charge in [-0.3, -0.25) is 9.78 Å². The van der Waals surface area contributed by atoms with E-state index in [2.05, 4.69) is 15.3 Å². The third-order valence-electron chi connectivity index (χ3n) is 3.21. The van der Waals surface area contributed by atoms with Gasteiger partial charge in [-0.05, 0) is 26.8 Å². The number of aromatic nitrogens is 2. The number of nitrogens with one attached hydrogen (secondary N) is 1. The number of hydrogen-bond acceptors (Lipinski definition) is 4. The summed E-state index contributed by atoms with van der Waals surface area (Å²) in [5.41, 5.74) is 3.13. The second-order valence-electron chi connectivity index (χ2n) is 4.98. The first-order valence-corrected chi connectivity index (χ1v) is 6.75. The molecule has 0 saturated carbocycles. The van der Waals surface area contributed by atoms with Crippen LogP contribution < -0.4 is 10.1 Å². The second-order valence-corrected chi connectivity index (χ2v) is 4.98. The van der Waals surface area contributed by atoms with Gasteiger partial charge in [0.2, 0.25) is 0 Å². The molecular formula is C16H19N3O2. The molecule has 0 bridgehead atoms. The van der Waals surface area contributed by atoms with Gasteiger partial charge in [-0.1, -0.05) is 17.7 Å². The smallest absolute Gasteiger partial charge is 0.271 e. The normalized spacial score (nSPS) is 11.8. The van der Waals surface area contributed by atoms with E-state index < -0.39 is 0 Å². The van der Waals surface area contributed by atoms with E-state index in [0.717, 1.165) is 22.6 Å². The summed E-state index contributed by atoms with van der Waals surface area (Å²) < 4.78 is 5.35. The van der Waals surface area contributed by atoms with Crippen molar-refractivity contribution in [3.63, 3.8) is 0 Å². The van der Waals surface area contributed by atoms with Crippen LogP contribution in [0.5, 0.6) is 5.75 Å². The van der Waals surface area contributed by atoms with E-state index in [1.54, 1.807) is 13.3 Å². The van der Waals surface area contributed by atoms with E-state index in [1.807, 2.05) is 39.0 Å². The van der Waals surface area contributed by atoms with E-state index >= 15 is 0 Å². The van der Waals surface area contributed by atoms with Crippen molar-refractivity contribution >= 4 is 5.91 Å². The average molecular weight is 285 g/mol. The van der Waals surface area contributed by atoms with Crippen LogP contribution in [-0.2, 0) is 0 Å². The predicted molar refractivity (Wildman–Crippen MR) is 80.4 cm³/mol. The standard InChI is InChI=1S/C16H19N3O2/c1-10-5-6-15(21-4)13(7-10)12(3)19-16(20)14-9-17-11(2)8-18-14/h5-9,12H,1-4H3,(H,19,20)/t12-/m0/s1. The Morgan fingerprint density at radius 3 is 2.62 bits per heavy atom. The third-order valence-corrected chi connectivity index (χ3v) is 3.21. The number of benzene rings is 1. The molecule has 0 aliphatic heterocycles. The number of amides is 1. The molecule has 0 spiro atoms. The highest BCUT2D eigenvalue weighted by atomic mass is 16.5. The lowest BCUT2D eigenvalue weighted by Gasteiger charge is -2.17. The lowest BCUT2D eigenvalue weighted by atomic mass is 10.0. The van der Waals surface area contributed by atoms with Crippen molar-refractivity contribution < 1.29 is 9.53 Å². The molecule has 1 N–H and O–H groups in total. The molecule has 0 saturated heterocycles. The predicted octanol–water partition coefficient (Wildman–Crippen LogP) is 2.59. The summed E-state index contributed by atoms with van der Waals surface area (Å²) in [7, 11) is 1.62. The lowest BCUT2D eigenvalue weighted by molar-refractivity contribution is 0.0934. The van der Waals surface area contributed by atoms with E-state index in [4.69, 9.17) is 4.74 Å². The number of methoxy groups -OCH3 is 1. The molecule has 0 fully saturated rings. The fourth-order valence-electron chi connectivity index (χ4n) is 2.05. The molecule has 1 heterocycles. The van der Waals surface area contributed by atoms with Crippen LogP contribution in [0, 0.1) is 13.8 Å². The molecule has 0 aliphatic carbocycles. The average Bonchev–Trinajstić information content (AvgIpc) is 2.47. The Kier molecular flexibility index (Phi) is 4.52. The summed E-state index contributed by atoms with van der Waals surface area (Å²) >= 11 is 0.